The van der Waals surface area contributed by atoms with Gasteiger partial charge < -0.3 is 24.8 Å². The third kappa shape index (κ3) is 8.01. The van der Waals surface area contributed by atoms with Crippen LogP contribution in [0.4, 0.5) is 4.39 Å². The smallest absolute Gasteiger partial charge is 0.161 e. The van der Waals surface area contributed by atoms with Crippen LogP contribution in [0.3, 0.4) is 0 Å². The highest BCUT2D eigenvalue weighted by Gasteiger charge is 2.13. The Balaban J connectivity index is 1.85. The maximum absolute atomic E-state index is 13.2. The molecule has 2 N–H and O–H groups in total. The Hall–Kier alpha value is -2.15. The summed E-state index contributed by atoms with van der Waals surface area (Å²) in [6, 6.07) is 12.8. The van der Waals surface area contributed by atoms with E-state index in [1.54, 1.807) is 19.2 Å². The van der Waals surface area contributed by atoms with Crippen LogP contribution in [0.5, 0.6) is 11.5 Å². The fourth-order valence-corrected chi connectivity index (χ4v) is 2.88. The number of benzene rings is 2. The minimum atomic E-state index is -0.583. The number of aliphatic hydroxyl groups excluding tert-OH is 1. The Morgan fingerprint density at radius 3 is 2.59 bits per heavy atom. The normalized spacial score (nSPS) is 12.4. The summed E-state index contributed by atoms with van der Waals surface area (Å²) in [6.45, 7) is 6.31. The molecule has 0 saturated carbocycles. The van der Waals surface area contributed by atoms with Crippen LogP contribution in [-0.2, 0) is 13.0 Å². The van der Waals surface area contributed by atoms with Gasteiger partial charge in [-0.05, 0) is 69.3 Å². The lowest BCUT2D eigenvalue weighted by molar-refractivity contribution is 0.0668. The minimum Gasteiger partial charge on any atom is -0.493 e. The number of nitrogens with zero attached hydrogens (tertiary/aromatic N) is 1. The fourth-order valence-electron chi connectivity index (χ4n) is 2.88. The first-order chi connectivity index (χ1) is 13.9. The maximum atomic E-state index is 13.2. The molecule has 0 aliphatic heterocycles. The number of ether oxygens (including phenoxy) is 2. The molecular formula is C23H33FN2O3. The van der Waals surface area contributed by atoms with Gasteiger partial charge in [0.15, 0.2) is 11.5 Å². The maximum Gasteiger partial charge on any atom is 0.161 e. The molecule has 2 aromatic carbocycles. The summed E-state index contributed by atoms with van der Waals surface area (Å²) >= 11 is 0. The molecule has 0 fully saturated rings. The highest BCUT2D eigenvalue weighted by Crippen LogP contribution is 2.28. The van der Waals surface area contributed by atoms with Crippen LogP contribution in [0.2, 0.25) is 0 Å². The second kappa shape index (κ2) is 11.8. The molecule has 29 heavy (non-hydrogen) atoms. The zero-order valence-electron chi connectivity index (χ0n) is 17.8. The van der Waals surface area contributed by atoms with Crippen LogP contribution in [0.25, 0.3) is 0 Å². The first-order valence-electron chi connectivity index (χ1n) is 10.0. The summed E-state index contributed by atoms with van der Waals surface area (Å²) in [4.78, 5) is 2.07. The van der Waals surface area contributed by atoms with Gasteiger partial charge in [-0.25, -0.2) is 4.39 Å². The number of nitrogens with one attached hydrogen (secondary N) is 1. The summed E-state index contributed by atoms with van der Waals surface area (Å²) in [5.74, 6) is 1.04. The number of hydrogen-bond donors (Lipinski definition) is 2. The Morgan fingerprint density at radius 1 is 1.10 bits per heavy atom. The molecule has 0 spiro atoms. The number of aliphatic hydroxyl groups is 1. The average molecular weight is 405 g/mol. The van der Waals surface area contributed by atoms with Crippen molar-refractivity contribution in [2.24, 2.45) is 0 Å². The van der Waals surface area contributed by atoms with Gasteiger partial charge in [-0.3, -0.25) is 0 Å². The summed E-state index contributed by atoms with van der Waals surface area (Å²) < 4.78 is 24.4. The van der Waals surface area contributed by atoms with Crippen LogP contribution in [0.15, 0.2) is 42.5 Å². The van der Waals surface area contributed by atoms with E-state index in [0.29, 0.717) is 30.6 Å². The summed E-state index contributed by atoms with van der Waals surface area (Å²) in [7, 11) is 3.58. The Kier molecular flexibility index (Phi) is 9.38. The summed E-state index contributed by atoms with van der Waals surface area (Å²) in [5.41, 5.74) is 2.02. The highest BCUT2D eigenvalue weighted by atomic mass is 19.1. The van der Waals surface area contributed by atoms with Crippen molar-refractivity contribution >= 4 is 0 Å². The van der Waals surface area contributed by atoms with Crippen LogP contribution in [0, 0.1) is 5.82 Å². The number of methoxy groups -OCH3 is 1. The summed E-state index contributed by atoms with van der Waals surface area (Å²) in [6.07, 6.45) is 0.174. The molecule has 0 radical (unpaired) electrons. The molecule has 0 aliphatic carbocycles. The molecule has 1 atom stereocenters. The monoisotopic (exact) mass is 404 g/mol. The second-order valence-electron chi connectivity index (χ2n) is 7.54. The molecule has 2 aromatic rings. The lowest BCUT2D eigenvalue weighted by Crippen LogP contribution is -2.37. The van der Waals surface area contributed by atoms with Crippen molar-refractivity contribution in [3.63, 3.8) is 0 Å². The van der Waals surface area contributed by atoms with Gasteiger partial charge in [0.25, 0.3) is 0 Å². The van der Waals surface area contributed by atoms with Crippen LogP contribution in [0.1, 0.15) is 25.0 Å². The molecular weight excluding hydrogens is 371 g/mol. The van der Waals surface area contributed by atoms with E-state index in [2.05, 4.69) is 24.1 Å². The summed E-state index contributed by atoms with van der Waals surface area (Å²) in [5, 5.41) is 13.6. The van der Waals surface area contributed by atoms with E-state index in [1.165, 1.54) is 6.07 Å². The van der Waals surface area contributed by atoms with E-state index in [0.717, 1.165) is 24.1 Å². The Morgan fingerprint density at radius 2 is 1.90 bits per heavy atom. The molecule has 0 aliphatic rings. The largest absolute Gasteiger partial charge is 0.493 e. The average Bonchev–Trinajstić information content (AvgIpc) is 2.69. The molecule has 160 valence electrons. The third-order valence-corrected chi connectivity index (χ3v) is 4.85. The van der Waals surface area contributed by atoms with E-state index >= 15 is 0 Å². The molecule has 0 bridgehead atoms. The van der Waals surface area contributed by atoms with Gasteiger partial charge in [0.05, 0.1) is 7.11 Å². The SMILES string of the molecule is COc1ccc(CNCCc2cccc(F)c2)cc1OCC(O)CN(C)C(C)C. The van der Waals surface area contributed by atoms with Gasteiger partial charge in [-0.15, -0.1) is 0 Å². The fraction of sp³-hybridized carbons (Fsp3) is 0.478. The number of halogens is 1. The van der Waals surface area contributed by atoms with Crippen LogP contribution >= 0.6 is 0 Å². The number of hydrogen-bond acceptors (Lipinski definition) is 5. The van der Waals surface area contributed by atoms with Crippen molar-refractivity contribution in [3.8, 4) is 11.5 Å². The molecule has 0 amide bonds. The quantitative estimate of drug-likeness (QED) is 0.532. The molecule has 2 rings (SSSR count). The van der Waals surface area contributed by atoms with E-state index in [-0.39, 0.29) is 12.4 Å². The van der Waals surface area contributed by atoms with E-state index in [1.807, 2.05) is 31.3 Å². The zero-order chi connectivity index (χ0) is 21.2. The first-order valence-corrected chi connectivity index (χ1v) is 10.0. The van der Waals surface area contributed by atoms with E-state index < -0.39 is 6.10 Å². The molecule has 0 aromatic heterocycles. The zero-order valence-corrected chi connectivity index (χ0v) is 17.8. The topological polar surface area (TPSA) is 54.0 Å². The van der Waals surface area contributed by atoms with Crippen molar-refractivity contribution in [1.29, 1.82) is 0 Å². The van der Waals surface area contributed by atoms with E-state index in [4.69, 9.17) is 9.47 Å². The van der Waals surface area contributed by atoms with Crippen molar-refractivity contribution in [3.05, 3.63) is 59.4 Å². The highest BCUT2D eigenvalue weighted by molar-refractivity contribution is 5.43. The number of rotatable bonds is 12. The van der Waals surface area contributed by atoms with Gasteiger partial charge in [-0.1, -0.05) is 18.2 Å². The van der Waals surface area contributed by atoms with Gasteiger partial charge in [-0.2, -0.15) is 0 Å². The molecule has 5 nitrogen and oxygen atoms in total. The van der Waals surface area contributed by atoms with Crippen LogP contribution in [-0.4, -0.2) is 56.0 Å². The lowest BCUT2D eigenvalue weighted by atomic mass is 10.1. The predicted octanol–water partition coefficient (Wildman–Crippen LogP) is 3.25. The predicted molar refractivity (Wildman–Crippen MR) is 114 cm³/mol. The van der Waals surface area contributed by atoms with Gasteiger partial charge in [0.2, 0.25) is 0 Å². The van der Waals surface area contributed by atoms with Crippen molar-refractivity contribution in [2.45, 2.75) is 39.0 Å². The van der Waals surface area contributed by atoms with Gasteiger partial charge >= 0.3 is 0 Å². The second-order valence-corrected chi connectivity index (χ2v) is 7.54. The Labute approximate surface area is 173 Å². The van der Waals surface area contributed by atoms with Crippen molar-refractivity contribution in [1.82, 2.24) is 10.2 Å². The molecule has 6 heteroatoms. The minimum absolute atomic E-state index is 0.198. The Bertz CT molecular complexity index is 755. The third-order valence-electron chi connectivity index (χ3n) is 4.85. The number of likely N-dealkylation sites (N-methyl/N-ethyl adjacent to an activating group) is 1. The van der Waals surface area contributed by atoms with Gasteiger partial charge in [0.1, 0.15) is 18.5 Å². The van der Waals surface area contributed by atoms with Gasteiger partial charge in [0, 0.05) is 19.1 Å². The van der Waals surface area contributed by atoms with E-state index in [9.17, 15) is 9.50 Å². The molecule has 0 heterocycles. The molecule has 0 saturated heterocycles. The standard InChI is InChI=1S/C23H33FN2O3/c1-17(2)26(3)15-21(27)16-29-23-13-19(8-9-22(23)28-4)14-25-11-10-18-6-5-7-20(24)12-18/h5-9,12-13,17,21,25,27H,10-11,14-16H2,1-4H3. The lowest BCUT2D eigenvalue weighted by Gasteiger charge is -2.24. The van der Waals surface area contributed by atoms with Crippen molar-refractivity contribution in [2.75, 3.05) is 33.9 Å². The first kappa shape index (κ1) is 23.1. The van der Waals surface area contributed by atoms with Crippen molar-refractivity contribution < 1.29 is 19.0 Å². The molecule has 1 unspecified atom stereocenters. The van der Waals surface area contributed by atoms with Crippen LogP contribution < -0.4 is 14.8 Å².